The van der Waals surface area contributed by atoms with Crippen molar-refractivity contribution in [1.29, 1.82) is 0 Å². The summed E-state index contributed by atoms with van der Waals surface area (Å²) in [6, 6.07) is 0. The molecule has 3 nitrogen and oxygen atoms in total. The summed E-state index contributed by atoms with van der Waals surface area (Å²) in [7, 11) is -0.851. The molecule has 0 aromatic heterocycles. The van der Waals surface area contributed by atoms with Crippen molar-refractivity contribution in [1.82, 2.24) is 5.32 Å². The molecule has 1 unspecified atom stereocenters. The van der Waals surface area contributed by atoms with Crippen LogP contribution in [0.25, 0.3) is 0 Å². The lowest BCUT2D eigenvalue weighted by Crippen LogP contribution is -2.33. The highest BCUT2D eigenvalue weighted by Gasteiger charge is 2.39. The van der Waals surface area contributed by atoms with E-state index >= 15 is 0 Å². The second-order valence-electron chi connectivity index (χ2n) is 3.73. The summed E-state index contributed by atoms with van der Waals surface area (Å²) in [6.07, 6.45) is 1.78. The van der Waals surface area contributed by atoms with Crippen LogP contribution in [0, 0.1) is 5.41 Å². The minimum atomic E-state index is -2.73. The Kier molecular flexibility index (Phi) is 2.78. The molecule has 1 aliphatic heterocycles. The summed E-state index contributed by atoms with van der Waals surface area (Å²) < 4.78 is 22.5. The third kappa shape index (κ3) is 1.98. The molecule has 1 atom stereocenters. The normalized spacial score (nSPS) is 33.8. The summed E-state index contributed by atoms with van der Waals surface area (Å²) in [5.74, 6) is 0.750. The maximum atomic E-state index is 11.3. The molecule has 12 heavy (non-hydrogen) atoms. The van der Waals surface area contributed by atoms with Gasteiger partial charge in [0.05, 0.1) is 11.5 Å². The first kappa shape index (κ1) is 9.99. The van der Waals surface area contributed by atoms with Crippen molar-refractivity contribution in [3.63, 3.8) is 0 Å². The molecule has 0 amide bonds. The molecule has 1 saturated heterocycles. The molecule has 0 radical (unpaired) electrons. The Morgan fingerprint density at radius 1 is 1.50 bits per heavy atom. The Balaban J connectivity index is 2.72. The number of hydrogen-bond donors (Lipinski definition) is 1. The van der Waals surface area contributed by atoms with Gasteiger partial charge in [0.25, 0.3) is 0 Å². The van der Waals surface area contributed by atoms with Crippen molar-refractivity contribution >= 4 is 9.84 Å². The minimum Gasteiger partial charge on any atom is -0.319 e. The van der Waals surface area contributed by atoms with Crippen molar-refractivity contribution in [3.05, 3.63) is 0 Å². The zero-order valence-electron chi connectivity index (χ0n) is 7.76. The molecule has 1 fully saturated rings. The van der Waals surface area contributed by atoms with Gasteiger partial charge >= 0.3 is 0 Å². The molecule has 1 heterocycles. The lowest BCUT2D eigenvalue weighted by atomic mass is 9.85. The summed E-state index contributed by atoms with van der Waals surface area (Å²) >= 11 is 0. The van der Waals surface area contributed by atoms with Gasteiger partial charge in [0.2, 0.25) is 0 Å². The molecule has 4 heteroatoms. The van der Waals surface area contributed by atoms with Gasteiger partial charge in [-0.3, -0.25) is 0 Å². The first-order valence-electron chi connectivity index (χ1n) is 4.39. The predicted octanol–water partition coefficient (Wildman–Crippen LogP) is 0.421. The lowest BCUT2D eigenvalue weighted by molar-refractivity contribution is 0.311. The Morgan fingerprint density at radius 2 is 2.17 bits per heavy atom. The molecular weight excluding hydrogens is 174 g/mol. The standard InChI is InChI=1S/C8H17NO2S/c1-3-8(6-9-2)4-5-12(10,11)7-8/h9H,3-7H2,1-2H3. The smallest absolute Gasteiger partial charge is 0.150 e. The van der Waals surface area contributed by atoms with Crippen LogP contribution in [0.3, 0.4) is 0 Å². The Hall–Kier alpha value is -0.0900. The van der Waals surface area contributed by atoms with Gasteiger partial charge in [-0.1, -0.05) is 6.92 Å². The topological polar surface area (TPSA) is 46.2 Å². The van der Waals surface area contributed by atoms with E-state index in [1.807, 2.05) is 7.05 Å². The highest BCUT2D eigenvalue weighted by molar-refractivity contribution is 7.91. The van der Waals surface area contributed by atoms with Crippen LogP contribution in [0.4, 0.5) is 0 Å². The fourth-order valence-electron chi connectivity index (χ4n) is 1.90. The second kappa shape index (κ2) is 3.34. The van der Waals surface area contributed by atoms with Gasteiger partial charge in [-0.25, -0.2) is 8.42 Å². The average Bonchev–Trinajstić information content (AvgIpc) is 2.29. The molecule has 1 N–H and O–H groups in total. The highest BCUT2D eigenvalue weighted by atomic mass is 32.2. The van der Waals surface area contributed by atoms with Crippen LogP contribution in [-0.4, -0.2) is 33.5 Å². The van der Waals surface area contributed by atoms with Gasteiger partial charge in [-0.2, -0.15) is 0 Å². The van der Waals surface area contributed by atoms with E-state index in [4.69, 9.17) is 0 Å². The van der Waals surface area contributed by atoms with Crippen LogP contribution >= 0.6 is 0 Å². The minimum absolute atomic E-state index is 0.0214. The van der Waals surface area contributed by atoms with Crippen molar-refractivity contribution in [2.75, 3.05) is 25.1 Å². The lowest BCUT2D eigenvalue weighted by Gasteiger charge is -2.25. The van der Waals surface area contributed by atoms with E-state index in [9.17, 15) is 8.42 Å². The van der Waals surface area contributed by atoms with Gasteiger partial charge in [-0.05, 0) is 25.3 Å². The summed E-state index contributed by atoms with van der Waals surface area (Å²) in [5, 5.41) is 3.07. The fourth-order valence-corrected chi connectivity index (χ4v) is 4.17. The monoisotopic (exact) mass is 191 g/mol. The first-order chi connectivity index (χ1) is 5.54. The van der Waals surface area contributed by atoms with Crippen LogP contribution in [0.5, 0.6) is 0 Å². The zero-order chi connectivity index (χ0) is 9.24. The summed E-state index contributed by atoms with van der Waals surface area (Å²) in [4.78, 5) is 0. The van der Waals surface area contributed by atoms with Crippen molar-refractivity contribution in [2.24, 2.45) is 5.41 Å². The van der Waals surface area contributed by atoms with E-state index in [-0.39, 0.29) is 5.41 Å². The van der Waals surface area contributed by atoms with Crippen LogP contribution in [-0.2, 0) is 9.84 Å². The summed E-state index contributed by atoms with van der Waals surface area (Å²) in [6.45, 7) is 2.89. The van der Waals surface area contributed by atoms with Crippen molar-refractivity contribution in [3.8, 4) is 0 Å². The SMILES string of the molecule is CCC1(CNC)CCS(=O)(=O)C1. The van der Waals surface area contributed by atoms with Crippen molar-refractivity contribution < 1.29 is 8.42 Å². The zero-order valence-corrected chi connectivity index (χ0v) is 8.58. The summed E-state index contributed by atoms with van der Waals surface area (Å²) in [5.41, 5.74) is 0.0214. The Bertz CT molecular complexity index is 248. The first-order valence-corrected chi connectivity index (χ1v) is 6.21. The molecule has 0 saturated carbocycles. The molecule has 0 bridgehead atoms. The highest BCUT2D eigenvalue weighted by Crippen LogP contribution is 2.34. The van der Waals surface area contributed by atoms with Crippen LogP contribution in [0.15, 0.2) is 0 Å². The van der Waals surface area contributed by atoms with Crippen LogP contribution in [0.1, 0.15) is 19.8 Å². The molecule has 1 aliphatic rings. The molecule has 0 aliphatic carbocycles. The van der Waals surface area contributed by atoms with Gasteiger partial charge < -0.3 is 5.32 Å². The average molecular weight is 191 g/mol. The molecule has 0 aromatic carbocycles. The van der Waals surface area contributed by atoms with Gasteiger partial charge in [0.15, 0.2) is 9.84 Å². The van der Waals surface area contributed by atoms with Gasteiger partial charge in [0.1, 0.15) is 0 Å². The van der Waals surface area contributed by atoms with E-state index in [2.05, 4.69) is 12.2 Å². The van der Waals surface area contributed by atoms with E-state index in [1.54, 1.807) is 0 Å². The Labute approximate surface area is 74.5 Å². The molecular formula is C8H17NO2S. The van der Waals surface area contributed by atoms with E-state index in [0.717, 1.165) is 19.4 Å². The Morgan fingerprint density at radius 3 is 2.50 bits per heavy atom. The molecule has 72 valence electrons. The van der Waals surface area contributed by atoms with Gasteiger partial charge in [-0.15, -0.1) is 0 Å². The van der Waals surface area contributed by atoms with Crippen LogP contribution in [0.2, 0.25) is 0 Å². The maximum Gasteiger partial charge on any atom is 0.150 e. The fraction of sp³-hybridized carbons (Fsp3) is 1.00. The van der Waals surface area contributed by atoms with Crippen LogP contribution < -0.4 is 5.32 Å². The molecule has 1 rings (SSSR count). The predicted molar refractivity (Wildman–Crippen MR) is 49.9 cm³/mol. The van der Waals surface area contributed by atoms with E-state index in [0.29, 0.717) is 11.5 Å². The number of sulfone groups is 1. The number of nitrogens with one attached hydrogen (secondary N) is 1. The van der Waals surface area contributed by atoms with E-state index in [1.165, 1.54) is 0 Å². The van der Waals surface area contributed by atoms with E-state index < -0.39 is 9.84 Å². The van der Waals surface area contributed by atoms with Crippen molar-refractivity contribution in [2.45, 2.75) is 19.8 Å². The molecule has 0 aromatic rings. The maximum absolute atomic E-state index is 11.3. The number of rotatable bonds is 3. The number of hydrogen-bond acceptors (Lipinski definition) is 3. The quantitative estimate of drug-likeness (QED) is 0.703. The van der Waals surface area contributed by atoms with Gasteiger partial charge in [0, 0.05) is 6.54 Å². The largest absolute Gasteiger partial charge is 0.319 e. The third-order valence-electron chi connectivity index (χ3n) is 2.77. The second-order valence-corrected chi connectivity index (χ2v) is 5.91. The molecule has 0 spiro atoms. The third-order valence-corrected chi connectivity index (χ3v) is 4.65.